The molecule has 1 aromatic rings. The van der Waals surface area contributed by atoms with Gasteiger partial charge in [-0.2, -0.15) is 8.42 Å². The fraction of sp³-hybridized carbons (Fsp3) is 0.400. The molecule has 98 valence electrons. The molecule has 0 aliphatic rings. The lowest BCUT2D eigenvalue weighted by molar-refractivity contribution is 0.140. The largest absolute Gasteiger partial charge is 0.394 e. The van der Waals surface area contributed by atoms with E-state index < -0.39 is 16.5 Å². The van der Waals surface area contributed by atoms with Crippen LogP contribution in [0.1, 0.15) is 18.6 Å². The first-order valence-corrected chi connectivity index (χ1v) is 6.25. The van der Waals surface area contributed by atoms with Crippen LogP contribution in [0.15, 0.2) is 30.3 Å². The monoisotopic (exact) mass is 263 g/mol. The van der Waals surface area contributed by atoms with E-state index in [2.05, 4.69) is 5.32 Å². The molecule has 4 N–H and O–H groups in total. The lowest BCUT2D eigenvalue weighted by Gasteiger charge is -2.17. The predicted molar refractivity (Wildman–Crippen MR) is 64.1 cm³/mol. The number of hydrogen-bond acceptors (Lipinski definition) is 4. The Labute approximate surface area is 101 Å². The van der Waals surface area contributed by atoms with Crippen molar-refractivity contribution in [2.45, 2.75) is 19.1 Å². The van der Waals surface area contributed by atoms with Gasteiger partial charge in [0.2, 0.25) is 0 Å². The van der Waals surface area contributed by atoms with Gasteiger partial charge in [0.25, 0.3) is 0 Å². The molecule has 6 nitrogen and oxygen atoms in total. The van der Waals surface area contributed by atoms with Crippen molar-refractivity contribution in [1.29, 1.82) is 0 Å². The molecule has 0 bridgehead atoms. The summed E-state index contributed by atoms with van der Waals surface area (Å²) in [6.07, 6.45) is -0.420. The van der Waals surface area contributed by atoms with Crippen LogP contribution in [-0.2, 0) is 10.4 Å². The average molecular weight is 263 g/mol. The van der Waals surface area contributed by atoms with Crippen molar-refractivity contribution < 1.29 is 22.6 Å². The van der Waals surface area contributed by atoms with Gasteiger partial charge in [-0.05, 0) is 19.5 Å². The molecular formula is C10H17NO5S. The van der Waals surface area contributed by atoms with Gasteiger partial charge < -0.3 is 10.4 Å². The Morgan fingerprint density at radius 1 is 1.18 bits per heavy atom. The summed E-state index contributed by atoms with van der Waals surface area (Å²) in [5.41, 5.74) is 0.958. The normalized spacial score (nSPS) is 14.4. The minimum Gasteiger partial charge on any atom is -0.387 e. The van der Waals surface area contributed by atoms with Crippen LogP contribution in [-0.4, -0.2) is 35.7 Å². The molecule has 0 aliphatic carbocycles. The van der Waals surface area contributed by atoms with Crippen molar-refractivity contribution >= 4 is 10.4 Å². The van der Waals surface area contributed by atoms with Crippen LogP contribution in [0.25, 0.3) is 0 Å². The highest BCUT2D eigenvalue weighted by Gasteiger charge is 2.12. The molecule has 0 amide bonds. The van der Waals surface area contributed by atoms with Crippen molar-refractivity contribution in [3.63, 3.8) is 0 Å². The predicted octanol–water partition coefficient (Wildman–Crippen LogP) is 0.675. The third-order valence-electron chi connectivity index (χ3n) is 2.07. The first kappa shape index (κ1) is 16.0. The topological polar surface area (TPSA) is 107 Å². The third kappa shape index (κ3) is 8.78. The molecule has 0 saturated heterocycles. The van der Waals surface area contributed by atoms with Crippen molar-refractivity contribution in [2.24, 2.45) is 0 Å². The first-order chi connectivity index (χ1) is 7.75. The summed E-state index contributed by atoms with van der Waals surface area (Å²) in [5.74, 6) is 0. The Kier molecular flexibility index (Phi) is 6.93. The second-order valence-corrected chi connectivity index (χ2v) is 4.28. The molecule has 0 heterocycles. The van der Waals surface area contributed by atoms with Crippen LogP contribution in [0.5, 0.6) is 0 Å². The van der Waals surface area contributed by atoms with E-state index >= 15 is 0 Å². The van der Waals surface area contributed by atoms with Crippen LogP contribution >= 0.6 is 0 Å². The van der Waals surface area contributed by atoms with Gasteiger partial charge in [-0.25, -0.2) is 0 Å². The Morgan fingerprint density at radius 2 is 1.59 bits per heavy atom. The summed E-state index contributed by atoms with van der Waals surface area (Å²) in [5, 5.41) is 12.7. The quantitative estimate of drug-likeness (QED) is 0.597. The highest BCUT2D eigenvalue weighted by Crippen LogP contribution is 2.15. The minimum absolute atomic E-state index is 0.0902. The summed E-state index contributed by atoms with van der Waals surface area (Å²) in [6, 6.07) is 9.76. The minimum atomic E-state index is -4.67. The maximum atomic E-state index is 9.73. The van der Waals surface area contributed by atoms with Gasteiger partial charge in [-0.3, -0.25) is 9.11 Å². The van der Waals surface area contributed by atoms with Gasteiger partial charge in [-0.15, -0.1) is 0 Å². The highest BCUT2D eigenvalue weighted by molar-refractivity contribution is 7.79. The Balaban J connectivity index is 0.000000437. The molecule has 1 rings (SSSR count). The number of nitrogens with one attached hydrogen (secondary N) is 1. The fourth-order valence-electron chi connectivity index (χ4n) is 1.10. The molecule has 0 saturated carbocycles. The number of rotatable bonds is 3. The van der Waals surface area contributed by atoms with Gasteiger partial charge in [0.1, 0.15) is 0 Å². The first-order valence-electron chi connectivity index (χ1n) is 4.86. The lowest BCUT2D eigenvalue weighted by atomic mass is 10.0. The van der Waals surface area contributed by atoms with E-state index in [1.54, 1.807) is 0 Å². The van der Waals surface area contributed by atoms with E-state index in [0.717, 1.165) is 5.56 Å². The van der Waals surface area contributed by atoms with Crippen molar-refractivity contribution in [3.8, 4) is 0 Å². The van der Waals surface area contributed by atoms with Crippen molar-refractivity contribution in [2.75, 3.05) is 7.05 Å². The molecule has 7 heteroatoms. The maximum absolute atomic E-state index is 9.73. The highest BCUT2D eigenvalue weighted by atomic mass is 32.3. The van der Waals surface area contributed by atoms with Crippen LogP contribution in [0.3, 0.4) is 0 Å². The second-order valence-electron chi connectivity index (χ2n) is 3.38. The number of aliphatic hydroxyl groups excluding tert-OH is 1. The van der Waals surface area contributed by atoms with Crippen LogP contribution in [0, 0.1) is 0 Å². The second kappa shape index (κ2) is 7.36. The summed E-state index contributed by atoms with van der Waals surface area (Å²) in [4.78, 5) is 0. The Hall–Kier alpha value is -0.990. The van der Waals surface area contributed by atoms with Gasteiger partial charge in [0, 0.05) is 6.04 Å². The molecule has 17 heavy (non-hydrogen) atoms. The van der Waals surface area contributed by atoms with E-state index in [9.17, 15) is 5.11 Å². The van der Waals surface area contributed by atoms with Crippen LogP contribution in [0.4, 0.5) is 0 Å². The molecule has 0 fully saturated rings. The number of likely N-dealkylation sites (N-methyl/N-ethyl adjacent to an activating group) is 1. The van der Waals surface area contributed by atoms with Gasteiger partial charge >= 0.3 is 10.4 Å². The Bertz CT molecular complexity index is 398. The molecule has 0 radical (unpaired) electrons. The van der Waals surface area contributed by atoms with E-state index in [1.807, 2.05) is 44.3 Å². The summed E-state index contributed by atoms with van der Waals surface area (Å²) < 4.78 is 31.6. The maximum Gasteiger partial charge on any atom is 0.394 e. The molecule has 0 unspecified atom stereocenters. The number of aliphatic hydroxyl groups is 1. The van der Waals surface area contributed by atoms with E-state index in [-0.39, 0.29) is 6.04 Å². The summed E-state index contributed by atoms with van der Waals surface area (Å²) in [6.45, 7) is 1.96. The third-order valence-corrected chi connectivity index (χ3v) is 2.07. The average Bonchev–Trinajstić information content (AvgIpc) is 2.26. The van der Waals surface area contributed by atoms with Crippen LogP contribution < -0.4 is 5.32 Å². The standard InChI is InChI=1S/C10H15NO.H2O4S/c1-8(11-2)10(12)9-6-4-3-5-7-9;1-5(2,3)4/h3-8,10-12H,1-2H3;(H2,1,2,3,4)/t8-,10+;/m1./s1. The summed E-state index contributed by atoms with van der Waals surface area (Å²) >= 11 is 0. The van der Waals surface area contributed by atoms with Gasteiger partial charge in [0.05, 0.1) is 6.10 Å². The van der Waals surface area contributed by atoms with Crippen molar-refractivity contribution in [3.05, 3.63) is 35.9 Å². The van der Waals surface area contributed by atoms with E-state index in [1.165, 1.54) is 0 Å². The zero-order chi connectivity index (χ0) is 13.5. The smallest absolute Gasteiger partial charge is 0.387 e. The number of benzene rings is 1. The van der Waals surface area contributed by atoms with Crippen LogP contribution in [0.2, 0.25) is 0 Å². The molecule has 2 atom stereocenters. The van der Waals surface area contributed by atoms with E-state index in [4.69, 9.17) is 17.5 Å². The van der Waals surface area contributed by atoms with Gasteiger partial charge in [-0.1, -0.05) is 30.3 Å². The van der Waals surface area contributed by atoms with E-state index in [0.29, 0.717) is 0 Å². The van der Waals surface area contributed by atoms with Gasteiger partial charge in [0.15, 0.2) is 0 Å². The molecule has 0 aromatic heterocycles. The zero-order valence-electron chi connectivity index (χ0n) is 9.61. The Morgan fingerprint density at radius 3 is 1.94 bits per heavy atom. The fourth-order valence-corrected chi connectivity index (χ4v) is 1.10. The van der Waals surface area contributed by atoms with Crippen molar-refractivity contribution in [1.82, 2.24) is 5.32 Å². The number of hydrogen-bond donors (Lipinski definition) is 4. The lowest BCUT2D eigenvalue weighted by Crippen LogP contribution is -2.28. The zero-order valence-corrected chi connectivity index (χ0v) is 10.4. The summed E-state index contributed by atoms with van der Waals surface area (Å²) in [7, 11) is -2.82. The SMILES string of the molecule is CN[C@H](C)[C@H](O)c1ccccc1.O=S(=O)(O)O. The molecular weight excluding hydrogens is 246 g/mol. The molecule has 0 aliphatic heterocycles. The molecule has 0 spiro atoms. The molecule has 1 aromatic carbocycles.